The van der Waals surface area contributed by atoms with Crippen molar-refractivity contribution in [3.8, 4) is 28.7 Å². The fourth-order valence-corrected chi connectivity index (χ4v) is 2.55. The summed E-state index contributed by atoms with van der Waals surface area (Å²) in [6, 6.07) is 21.1. The van der Waals surface area contributed by atoms with Crippen molar-refractivity contribution in [3.05, 3.63) is 72.3 Å². The molecule has 2 aromatic carbocycles. The van der Waals surface area contributed by atoms with Crippen molar-refractivity contribution in [3.63, 3.8) is 0 Å². The summed E-state index contributed by atoms with van der Waals surface area (Å²) in [5.74, 6) is 2.33. The third-order valence-corrected chi connectivity index (χ3v) is 3.95. The van der Waals surface area contributed by atoms with Gasteiger partial charge in [0.15, 0.2) is 5.69 Å². The van der Waals surface area contributed by atoms with E-state index in [0.29, 0.717) is 29.8 Å². The fourth-order valence-electron chi connectivity index (χ4n) is 2.55. The van der Waals surface area contributed by atoms with Crippen molar-refractivity contribution < 1.29 is 9.26 Å². The van der Waals surface area contributed by atoms with Crippen molar-refractivity contribution in [2.24, 2.45) is 0 Å². The predicted molar refractivity (Wildman–Crippen MR) is 101 cm³/mol. The van der Waals surface area contributed by atoms with E-state index in [9.17, 15) is 0 Å². The van der Waals surface area contributed by atoms with Gasteiger partial charge in [0.25, 0.3) is 5.89 Å². The number of hydrogen-bond acceptors (Lipinski definition) is 7. The molecular formula is C20H17N5O2. The number of benzene rings is 2. The topological polar surface area (TPSA) is 86.0 Å². The lowest BCUT2D eigenvalue weighted by atomic mass is 10.2. The molecule has 2 aromatic heterocycles. The number of ether oxygens (including phenoxy) is 1. The molecule has 27 heavy (non-hydrogen) atoms. The standard InChI is InChI=1S/C20H17N5O2/c1-26-16-9-5-6-14(12-16)13-21-18-11-10-17(23-24-18)20-22-19(25-27-20)15-7-3-2-4-8-15/h2-12H,13H2,1H3,(H,21,24). The highest BCUT2D eigenvalue weighted by atomic mass is 16.5. The van der Waals surface area contributed by atoms with Gasteiger partial charge in [-0.2, -0.15) is 4.98 Å². The van der Waals surface area contributed by atoms with Crippen LogP contribution >= 0.6 is 0 Å². The van der Waals surface area contributed by atoms with Crippen molar-refractivity contribution in [2.45, 2.75) is 6.54 Å². The number of nitrogens with zero attached hydrogens (tertiary/aromatic N) is 4. The monoisotopic (exact) mass is 359 g/mol. The Balaban J connectivity index is 1.44. The van der Waals surface area contributed by atoms with E-state index in [1.165, 1.54) is 0 Å². The van der Waals surface area contributed by atoms with Gasteiger partial charge in [-0.25, -0.2) is 0 Å². The number of nitrogens with one attached hydrogen (secondary N) is 1. The van der Waals surface area contributed by atoms with E-state index in [4.69, 9.17) is 9.26 Å². The van der Waals surface area contributed by atoms with Gasteiger partial charge in [-0.15, -0.1) is 10.2 Å². The maximum Gasteiger partial charge on any atom is 0.278 e. The van der Waals surface area contributed by atoms with Gasteiger partial charge in [0.05, 0.1) is 7.11 Å². The number of anilines is 1. The molecule has 0 spiro atoms. The minimum atomic E-state index is 0.334. The molecule has 0 aliphatic rings. The summed E-state index contributed by atoms with van der Waals surface area (Å²) >= 11 is 0. The smallest absolute Gasteiger partial charge is 0.278 e. The van der Waals surface area contributed by atoms with Crippen LogP contribution < -0.4 is 10.1 Å². The molecule has 2 heterocycles. The summed E-state index contributed by atoms with van der Waals surface area (Å²) in [4.78, 5) is 4.38. The van der Waals surface area contributed by atoms with Crippen LogP contribution in [-0.2, 0) is 6.54 Å². The van der Waals surface area contributed by atoms with Crippen LogP contribution in [0.2, 0.25) is 0 Å². The molecule has 134 valence electrons. The normalized spacial score (nSPS) is 10.6. The predicted octanol–water partition coefficient (Wildman–Crippen LogP) is 3.81. The largest absolute Gasteiger partial charge is 0.497 e. The molecule has 0 saturated carbocycles. The average molecular weight is 359 g/mol. The maximum atomic E-state index is 5.30. The van der Waals surface area contributed by atoms with Crippen LogP contribution in [0.15, 0.2) is 71.3 Å². The zero-order chi connectivity index (χ0) is 18.5. The summed E-state index contributed by atoms with van der Waals surface area (Å²) in [5.41, 5.74) is 2.50. The second kappa shape index (κ2) is 7.65. The Labute approximate surface area is 156 Å². The Kier molecular flexibility index (Phi) is 4.74. The summed E-state index contributed by atoms with van der Waals surface area (Å²) < 4.78 is 10.5. The van der Waals surface area contributed by atoms with Gasteiger partial charge in [-0.05, 0) is 29.8 Å². The molecular weight excluding hydrogens is 342 g/mol. The lowest BCUT2D eigenvalue weighted by Crippen LogP contribution is -2.02. The first-order chi connectivity index (χ1) is 13.3. The molecule has 0 aliphatic heterocycles. The molecule has 0 saturated heterocycles. The minimum absolute atomic E-state index is 0.334. The molecule has 7 heteroatoms. The van der Waals surface area contributed by atoms with Crippen molar-refractivity contribution in [2.75, 3.05) is 12.4 Å². The van der Waals surface area contributed by atoms with E-state index in [0.717, 1.165) is 16.9 Å². The zero-order valence-electron chi connectivity index (χ0n) is 14.7. The van der Waals surface area contributed by atoms with Gasteiger partial charge in [-0.1, -0.05) is 47.6 Å². The number of rotatable bonds is 6. The second-order valence-electron chi connectivity index (χ2n) is 5.80. The first-order valence-electron chi connectivity index (χ1n) is 8.42. The molecule has 0 radical (unpaired) electrons. The Bertz CT molecular complexity index is 1020. The number of hydrogen-bond donors (Lipinski definition) is 1. The van der Waals surface area contributed by atoms with E-state index >= 15 is 0 Å². The highest BCUT2D eigenvalue weighted by molar-refractivity contribution is 5.57. The van der Waals surface area contributed by atoms with Gasteiger partial charge >= 0.3 is 0 Å². The van der Waals surface area contributed by atoms with Crippen LogP contribution in [-0.4, -0.2) is 27.4 Å². The van der Waals surface area contributed by atoms with Crippen LogP contribution in [0.25, 0.3) is 23.0 Å². The molecule has 4 rings (SSSR count). The van der Waals surface area contributed by atoms with Crippen LogP contribution in [0.3, 0.4) is 0 Å². The van der Waals surface area contributed by atoms with E-state index in [1.54, 1.807) is 13.2 Å². The summed E-state index contributed by atoms with van der Waals surface area (Å²) in [6.45, 7) is 0.615. The molecule has 0 bridgehead atoms. The molecule has 0 aliphatic carbocycles. The van der Waals surface area contributed by atoms with Crippen molar-refractivity contribution in [1.29, 1.82) is 0 Å². The first kappa shape index (κ1) is 16.7. The van der Waals surface area contributed by atoms with Gasteiger partial charge in [0.2, 0.25) is 5.82 Å². The van der Waals surface area contributed by atoms with Crippen LogP contribution in [0.1, 0.15) is 5.56 Å². The number of aromatic nitrogens is 4. The Morgan fingerprint density at radius 2 is 1.85 bits per heavy atom. The molecule has 7 nitrogen and oxygen atoms in total. The first-order valence-corrected chi connectivity index (χ1v) is 8.42. The maximum absolute atomic E-state index is 5.30. The average Bonchev–Trinajstić information content (AvgIpc) is 3.24. The van der Waals surface area contributed by atoms with E-state index in [-0.39, 0.29) is 0 Å². The molecule has 0 amide bonds. The fraction of sp³-hybridized carbons (Fsp3) is 0.100. The minimum Gasteiger partial charge on any atom is -0.497 e. The van der Waals surface area contributed by atoms with E-state index in [1.807, 2.05) is 60.7 Å². The zero-order valence-corrected chi connectivity index (χ0v) is 14.7. The lowest BCUT2D eigenvalue weighted by molar-refractivity contribution is 0.414. The molecule has 0 unspecified atom stereocenters. The van der Waals surface area contributed by atoms with Crippen molar-refractivity contribution in [1.82, 2.24) is 20.3 Å². The molecule has 4 aromatic rings. The second-order valence-corrected chi connectivity index (χ2v) is 5.80. The van der Waals surface area contributed by atoms with E-state index < -0.39 is 0 Å². The van der Waals surface area contributed by atoms with Gasteiger partial charge < -0.3 is 14.6 Å². The van der Waals surface area contributed by atoms with Gasteiger partial charge in [-0.3, -0.25) is 0 Å². The highest BCUT2D eigenvalue weighted by Crippen LogP contribution is 2.21. The van der Waals surface area contributed by atoms with Gasteiger partial charge in [0, 0.05) is 12.1 Å². The lowest BCUT2D eigenvalue weighted by Gasteiger charge is -2.06. The van der Waals surface area contributed by atoms with Gasteiger partial charge in [0.1, 0.15) is 11.6 Å². The molecule has 1 N–H and O–H groups in total. The summed E-state index contributed by atoms with van der Waals surface area (Å²) in [6.07, 6.45) is 0. The Morgan fingerprint density at radius 3 is 2.63 bits per heavy atom. The van der Waals surface area contributed by atoms with Crippen LogP contribution in [0.4, 0.5) is 5.82 Å². The highest BCUT2D eigenvalue weighted by Gasteiger charge is 2.12. The van der Waals surface area contributed by atoms with Crippen LogP contribution in [0.5, 0.6) is 5.75 Å². The number of methoxy groups -OCH3 is 1. The Morgan fingerprint density at radius 1 is 0.963 bits per heavy atom. The van der Waals surface area contributed by atoms with Crippen LogP contribution in [0, 0.1) is 0 Å². The quantitative estimate of drug-likeness (QED) is 0.560. The third-order valence-electron chi connectivity index (χ3n) is 3.95. The Hall–Kier alpha value is -3.74. The summed E-state index contributed by atoms with van der Waals surface area (Å²) in [5, 5.41) is 15.6. The van der Waals surface area contributed by atoms with E-state index in [2.05, 4.69) is 25.7 Å². The molecule has 0 fully saturated rings. The third kappa shape index (κ3) is 3.92. The van der Waals surface area contributed by atoms with Crippen molar-refractivity contribution >= 4 is 5.82 Å². The SMILES string of the molecule is COc1cccc(CNc2ccc(-c3nc(-c4ccccc4)no3)nn2)c1. The summed E-state index contributed by atoms with van der Waals surface area (Å²) in [7, 11) is 1.65. The molecule has 0 atom stereocenters.